The average molecular weight is 310 g/mol. The van der Waals surface area contributed by atoms with Gasteiger partial charge in [-0.3, -0.25) is 4.79 Å². The summed E-state index contributed by atoms with van der Waals surface area (Å²) in [5.41, 5.74) is 0.794. The molecule has 0 unspecified atom stereocenters. The third-order valence-corrected chi connectivity index (χ3v) is 5.63. The lowest BCUT2D eigenvalue weighted by atomic mass is 10.0. The van der Waals surface area contributed by atoms with E-state index in [9.17, 15) is 13.2 Å². The average Bonchev–Trinajstić information content (AvgIpc) is 2.64. The minimum absolute atomic E-state index is 0.0221. The molecule has 0 spiro atoms. The number of nitrogens with one attached hydrogen (secondary N) is 1. The van der Waals surface area contributed by atoms with Gasteiger partial charge in [0, 0.05) is 26.6 Å². The molecule has 116 valence electrons. The zero-order valence-corrected chi connectivity index (χ0v) is 13.1. The molecule has 1 fully saturated rings. The van der Waals surface area contributed by atoms with Gasteiger partial charge in [-0.15, -0.1) is 0 Å². The highest BCUT2D eigenvalue weighted by Gasteiger charge is 2.24. The van der Waals surface area contributed by atoms with Crippen molar-refractivity contribution in [2.75, 3.05) is 20.1 Å². The first-order valence-electron chi connectivity index (χ1n) is 7.22. The van der Waals surface area contributed by atoms with Gasteiger partial charge in [0.1, 0.15) is 0 Å². The number of sulfonamides is 1. The molecule has 5 nitrogen and oxygen atoms in total. The molecule has 0 aromatic heterocycles. The number of carbonyl (C=O) groups excluding carboxylic acids is 1. The third-order valence-electron chi connectivity index (χ3n) is 3.84. The van der Waals surface area contributed by atoms with Crippen LogP contribution in [0.3, 0.4) is 0 Å². The van der Waals surface area contributed by atoms with E-state index in [-0.39, 0.29) is 17.6 Å². The zero-order chi connectivity index (χ0) is 15.3. The van der Waals surface area contributed by atoms with Crippen molar-refractivity contribution in [3.8, 4) is 0 Å². The Kier molecular flexibility index (Phi) is 5.36. The standard InChI is InChI=1S/C15H22N2O3S/c1-17(11-13-7-8-15(18)16-10-9-13)21(19,20)12-14-5-3-2-4-6-14/h2-6,13H,7-12H2,1H3,(H,16,18)/t13-/m0/s1. The van der Waals surface area contributed by atoms with E-state index >= 15 is 0 Å². The Bertz CT molecular complexity index is 572. The Hall–Kier alpha value is -1.40. The molecule has 1 aliphatic heterocycles. The fraction of sp³-hybridized carbons (Fsp3) is 0.533. The maximum Gasteiger partial charge on any atom is 0.220 e. The van der Waals surface area contributed by atoms with Crippen LogP contribution in [0.15, 0.2) is 30.3 Å². The van der Waals surface area contributed by atoms with Gasteiger partial charge in [0.15, 0.2) is 0 Å². The molecule has 2 rings (SSSR count). The molecule has 1 atom stereocenters. The van der Waals surface area contributed by atoms with Crippen molar-refractivity contribution in [2.24, 2.45) is 5.92 Å². The topological polar surface area (TPSA) is 66.5 Å². The van der Waals surface area contributed by atoms with Gasteiger partial charge in [-0.2, -0.15) is 0 Å². The summed E-state index contributed by atoms with van der Waals surface area (Å²) >= 11 is 0. The summed E-state index contributed by atoms with van der Waals surface area (Å²) in [4.78, 5) is 11.3. The van der Waals surface area contributed by atoms with Gasteiger partial charge in [0.25, 0.3) is 0 Å². The third kappa shape index (κ3) is 4.82. The van der Waals surface area contributed by atoms with Crippen LogP contribution in [0.1, 0.15) is 24.8 Å². The number of nitrogens with zero attached hydrogens (tertiary/aromatic N) is 1. The van der Waals surface area contributed by atoms with E-state index in [4.69, 9.17) is 0 Å². The van der Waals surface area contributed by atoms with E-state index in [1.54, 1.807) is 7.05 Å². The highest BCUT2D eigenvalue weighted by Crippen LogP contribution is 2.18. The smallest absolute Gasteiger partial charge is 0.220 e. The maximum absolute atomic E-state index is 12.4. The first-order valence-corrected chi connectivity index (χ1v) is 8.83. The second-order valence-corrected chi connectivity index (χ2v) is 7.64. The van der Waals surface area contributed by atoms with Crippen LogP contribution in [0.5, 0.6) is 0 Å². The lowest BCUT2D eigenvalue weighted by Crippen LogP contribution is -2.33. The van der Waals surface area contributed by atoms with E-state index in [0.717, 1.165) is 18.4 Å². The highest BCUT2D eigenvalue weighted by molar-refractivity contribution is 7.88. The van der Waals surface area contributed by atoms with Crippen molar-refractivity contribution in [3.05, 3.63) is 35.9 Å². The number of hydrogen-bond acceptors (Lipinski definition) is 3. The number of hydrogen-bond donors (Lipinski definition) is 1. The zero-order valence-electron chi connectivity index (χ0n) is 12.3. The van der Waals surface area contributed by atoms with Crippen molar-refractivity contribution >= 4 is 15.9 Å². The molecular formula is C15H22N2O3S. The van der Waals surface area contributed by atoms with E-state index in [1.165, 1.54) is 4.31 Å². The summed E-state index contributed by atoms with van der Waals surface area (Å²) in [6.45, 7) is 1.11. The van der Waals surface area contributed by atoms with Gasteiger partial charge < -0.3 is 5.32 Å². The summed E-state index contributed by atoms with van der Waals surface area (Å²) in [6, 6.07) is 9.19. The molecule has 1 aromatic carbocycles. The molecule has 0 saturated carbocycles. The minimum atomic E-state index is -3.31. The maximum atomic E-state index is 12.4. The molecule has 1 amide bonds. The predicted molar refractivity (Wildman–Crippen MR) is 82.0 cm³/mol. The Morgan fingerprint density at radius 1 is 1.24 bits per heavy atom. The number of benzene rings is 1. The Morgan fingerprint density at radius 2 is 1.95 bits per heavy atom. The van der Waals surface area contributed by atoms with Crippen LogP contribution in [0.25, 0.3) is 0 Å². The highest BCUT2D eigenvalue weighted by atomic mass is 32.2. The van der Waals surface area contributed by atoms with Gasteiger partial charge in [-0.25, -0.2) is 12.7 Å². The van der Waals surface area contributed by atoms with E-state index in [2.05, 4.69) is 5.32 Å². The van der Waals surface area contributed by atoms with Crippen molar-refractivity contribution in [3.63, 3.8) is 0 Å². The van der Waals surface area contributed by atoms with Crippen LogP contribution in [0.2, 0.25) is 0 Å². The molecule has 1 aliphatic rings. The molecule has 6 heteroatoms. The Morgan fingerprint density at radius 3 is 2.67 bits per heavy atom. The molecule has 1 N–H and O–H groups in total. The summed E-state index contributed by atoms with van der Waals surface area (Å²) in [5, 5.41) is 2.82. The lowest BCUT2D eigenvalue weighted by Gasteiger charge is -2.22. The van der Waals surface area contributed by atoms with Crippen LogP contribution in [0.4, 0.5) is 0 Å². The molecule has 1 heterocycles. The van der Waals surface area contributed by atoms with Crippen molar-refractivity contribution in [1.82, 2.24) is 9.62 Å². The van der Waals surface area contributed by atoms with Crippen LogP contribution in [-0.4, -0.2) is 38.8 Å². The molecule has 0 radical (unpaired) electrons. The number of carbonyl (C=O) groups is 1. The van der Waals surface area contributed by atoms with Gasteiger partial charge in [-0.05, 0) is 24.3 Å². The van der Waals surface area contributed by atoms with E-state index < -0.39 is 10.0 Å². The monoisotopic (exact) mass is 310 g/mol. The number of amides is 1. The van der Waals surface area contributed by atoms with Crippen molar-refractivity contribution < 1.29 is 13.2 Å². The first-order chi connectivity index (χ1) is 9.97. The molecule has 1 aromatic rings. The summed E-state index contributed by atoms with van der Waals surface area (Å²) in [7, 11) is -1.69. The summed E-state index contributed by atoms with van der Waals surface area (Å²) in [5.74, 6) is 0.320. The predicted octanol–water partition coefficient (Wildman–Crippen LogP) is 1.36. The molecule has 21 heavy (non-hydrogen) atoms. The van der Waals surface area contributed by atoms with Gasteiger partial charge in [0.2, 0.25) is 15.9 Å². The summed E-state index contributed by atoms with van der Waals surface area (Å²) in [6.07, 6.45) is 2.06. The quantitative estimate of drug-likeness (QED) is 0.893. The van der Waals surface area contributed by atoms with Crippen molar-refractivity contribution in [1.29, 1.82) is 0 Å². The first kappa shape index (κ1) is 16.0. The molecule has 0 aliphatic carbocycles. The summed E-state index contributed by atoms with van der Waals surface area (Å²) < 4.78 is 26.2. The second-order valence-electron chi connectivity index (χ2n) is 5.57. The Labute approximate surface area is 126 Å². The van der Waals surface area contributed by atoms with Gasteiger partial charge >= 0.3 is 0 Å². The van der Waals surface area contributed by atoms with E-state index in [0.29, 0.717) is 19.5 Å². The lowest BCUT2D eigenvalue weighted by molar-refractivity contribution is -0.120. The largest absolute Gasteiger partial charge is 0.356 e. The molecular weight excluding hydrogens is 288 g/mol. The van der Waals surface area contributed by atoms with E-state index in [1.807, 2.05) is 30.3 Å². The van der Waals surface area contributed by atoms with Crippen LogP contribution >= 0.6 is 0 Å². The SMILES string of the molecule is CN(C[C@@H]1CCNC(=O)CC1)S(=O)(=O)Cc1ccccc1. The van der Waals surface area contributed by atoms with Crippen LogP contribution < -0.4 is 5.32 Å². The van der Waals surface area contributed by atoms with Gasteiger partial charge in [-0.1, -0.05) is 30.3 Å². The Balaban J connectivity index is 1.95. The van der Waals surface area contributed by atoms with Crippen molar-refractivity contribution in [2.45, 2.75) is 25.0 Å². The minimum Gasteiger partial charge on any atom is -0.356 e. The second kappa shape index (κ2) is 7.04. The van der Waals surface area contributed by atoms with Crippen LogP contribution in [0, 0.1) is 5.92 Å². The molecule has 1 saturated heterocycles. The van der Waals surface area contributed by atoms with Gasteiger partial charge in [0.05, 0.1) is 5.75 Å². The number of rotatable bonds is 5. The fourth-order valence-corrected chi connectivity index (χ4v) is 3.81. The normalized spacial score (nSPS) is 20.1. The van der Waals surface area contributed by atoms with Crippen LogP contribution in [-0.2, 0) is 20.6 Å². The fourth-order valence-electron chi connectivity index (χ4n) is 2.54. The molecule has 0 bridgehead atoms.